The number of carboxylic acid groups (broad SMARTS) is 2. The molecule has 0 aromatic heterocycles. The third kappa shape index (κ3) is 5.82. The molecule has 0 aliphatic heterocycles. The summed E-state index contributed by atoms with van der Waals surface area (Å²) >= 11 is 0. The Labute approximate surface area is 218 Å². The fraction of sp³-hybridized carbons (Fsp3) is 0.231. The maximum atomic E-state index is 12.0. The number of amides is 4. The molecule has 0 bridgehead atoms. The van der Waals surface area contributed by atoms with Crippen LogP contribution in [0.1, 0.15) is 25.0 Å². The van der Waals surface area contributed by atoms with Gasteiger partial charge in [0.1, 0.15) is 5.54 Å². The van der Waals surface area contributed by atoms with Crippen LogP contribution in [0.5, 0.6) is 0 Å². The van der Waals surface area contributed by atoms with Crippen molar-refractivity contribution in [2.45, 2.75) is 19.4 Å². The van der Waals surface area contributed by atoms with E-state index in [4.69, 9.17) is 11.5 Å². The van der Waals surface area contributed by atoms with Gasteiger partial charge in [-0.3, -0.25) is 14.9 Å². The van der Waals surface area contributed by atoms with E-state index in [0.717, 1.165) is 11.1 Å². The maximum Gasteiger partial charge on any atom is 0.409 e. The number of allylic oxidation sites excluding steroid dienone is 5. The highest BCUT2D eigenvalue weighted by atomic mass is 16.4. The predicted octanol–water partition coefficient (Wildman–Crippen LogP) is 1.70. The SMILES string of the molecule is CC1=C(NC(=O)O)C(=NC(=O)CN)C=CC1(NC(=O)O)c1cccc(C2=CC=CC(=NC(=O)CN)C2C)c1. The van der Waals surface area contributed by atoms with E-state index in [1.807, 2.05) is 19.1 Å². The number of carbonyl (C=O) groups excluding carboxylic acids is 2. The van der Waals surface area contributed by atoms with Crippen molar-refractivity contribution in [3.8, 4) is 0 Å². The standard InChI is InChI=1S/C26H28N6O6/c1-14-18(7-4-8-19(14)29-21(33)12-27)16-5-3-6-17(11-16)26(32-25(37)38)10-9-20(30-22(34)13-28)23(15(26)2)31-24(35)36/h3-11,14,31-32H,12-13,27-28H2,1-2H3,(H,35,36)(H,37,38). The zero-order valence-corrected chi connectivity index (χ0v) is 20.8. The number of nitrogens with two attached hydrogens (primary N) is 2. The topological polar surface area (TPSA) is 210 Å². The Balaban J connectivity index is 2.18. The molecule has 2 atom stereocenters. The van der Waals surface area contributed by atoms with Crippen LogP contribution in [-0.2, 0) is 15.1 Å². The van der Waals surface area contributed by atoms with Gasteiger partial charge < -0.3 is 27.0 Å². The van der Waals surface area contributed by atoms with Gasteiger partial charge >= 0.3 is 12.2 Å². The summed E-state index contributed by atoms with van der Waals surface area (Å²) in [4.78, 5) is 55.2. The van der Waals surface area contributed by atoms with E-state index in [1.165, 1.54) is 19.1 Å². The summed E-state index contributed by atoms with van der Waals surface area (Å²) in [5.74, 6) is -1.40. The number of rotatable bonds is 6. The molecule has 8 N–H and O–H groups in total. The molecule has 0 saturated heterocycles. The Morgan fingerprint density at radius 1 is 1.03 bits per heavy atom. The van der Waals surface area contributed by atoms with Crippen molar-refractivity contribution < 1.29 is 29.4 Å². The molecule has 0 radical (unpaired) electrons. The quantitative estimate of drug-likeness (QED) is 0.324. The van der Waals surface area contributed by atoms with Crippen LogP contribution >= 0.6 is 0 Å². The molecule has 0 spiro atoms. The summed E-state index contributed by atoms with van der Waals surface area (Å²) in [6.07, 6.45) is 5.42. The number of nitrogens with zero attached hydrogens (tertiary/aromatic N) is 2. The first-order valence-corrected chi connectivity index (χ1v) is 11.6. The Hall–Kier alpha value is -4.68. The smallest absolute Gasteiger partial charge is 0.409 e. The molecule has 4 amide bonds. The van der Waals surface area contributed by atoms with E-state index < -0.39 is 29.5 Å². The van der Waals surface area contributed by atoms with E-state index in [0.29, 0.717) is 11.3 Å². The molecular formula is C26H28N6O6. The van der Waals surface area contributed by atoms with Crippen molar-refractivity contribution in [1.29, 1.82) is 0 Å². The lowest BCUT2D eigenvalue weighted by Gasteiger charge is -2.37. The molecule has 0 saturated carbocycles. The molecule has 12 heteroatoms. The van der Waals surface area contributed by atoms with Gasteiger partial charge in [-0.1, -0.05) is 37.3 Å². The zero-order chi connectivity index (χ0) is 28.0. The largest absolute Gasteiger partial charge is 0.465 e. The summed E-state index contributed by atoms with van der Waals surface area (Å²) in [7, 11) is 0. The third-order valence-corrected chi connectivity index (χ3v) is 6.20. The van der Waals surface area contributed by atoms with Gasteiger partial charge in [0, 0.05) is 5.92 Å². The lowest BCUT2D eigenvalue weighted by Crippen LogP contribution is -2.48. The maximum absolute atomic E-state index is 12.0. The summed E-state index contributed by atoms with van der Waals surface area (Å²) in [6, 6.07) is 7.02. The predicted molar refractivity (Wildman–Crippen MR) is 142 cm³/mol. The highest BCUT2D eigenvalue weighted by Crippen LogP contribution is 2.38. The highest BCUT2D eigenvalue weighted by Gasteiger charge is 2.39. The Morgan fingerprint density at radius 2 is 1.71 bits per heavy atom. The molecular weight excluding hydrogens is 492 g/mol. The van der Waals surface area contributed by atoms with Gasteiger partial charge in [-0.15, -0.1) is 0 Å². The average Bonchev–Trinajstić information content (AvgIpc) is 2.88. The van der Waals surface area contributed by atoms with E-state index >= 15 is 0 Å². The normalized spacial score (nSPS) is 22.8. The first-order chi connectivity index (χ1) is 18.0. The van der Waals surface area contributed by atoms with Gasteiger partial charge in [-0.2, -0.15) is 0 Å². The van der Waals surface area contributed by atoms with Crippen LogP contribution in [0.3, 0.4) is 0 Å². The molecule has 0 heterocycles. The van der Waals surface area contributed by atoms with Gasteiger partial charge in [-0.05, 0) is 53.5 Å². The zero-order valence-electron chi connectivity index (χ0n) is 20.8. The number of hydrogen-bond donors (Lipinski definition) is 6. The van der Waals surface area contributed by atoms with Crippen LogP contribution in [0.2, 0.25) is 0 Å². The first kappa shape index (κ1) is 27.9. The first-order valence-electron chi connectivity index (χ1n) is 11.6. The number of hydrogen-bond acceptors (Lipinski definition) is 6. The Bertz CT molecular complexity index is 1370. The number of benzene rings is 1. The van der Waals surface area contributed by atoms with Crippen LogP contribution < -0.4 is 22.1 Å². The minimum absolute atomic E-state index is 0.00140. The van der Waals surface area contributed by atoms with Crippen LogP contribution in [0.4, 0.5) is 9.59 Å². The molecule has 3 rings (SSSR count). The lowest BCUT2D eigenvalue weighted by molar-refractivity contribution is -0.117. The second kappa shape index (κ2) is 11.6. The van der Waals surface area contributed by atoms with Crippen LogP contribution in [0.15, 0.2) is 75.9 Å². The number of aliphatic imine (C=N–C) groups is 2. The minimum Gasteiger partial charge on any atom is -0.465 e. The number of nitrogens with one attached hydrogen (secondary N) is 2. The fourth-order valence-electron chi connectivity index (χ4n) is 4.34. The van der Waals surface area contributed by atoms with Crippen molar-refractivity contribution in [3.63, 3.8) is 0 Å². The van der Waals surface area contributed by atoms with Gasteiger partial charge in [-0.25, -0.2) is 19.6 Å². The van der Waals surface area contributed by atoms with Gasteiger partial charge in [0.05, 0.1) is 30.2 Å². The molecule has 1 aromatic rings. The van der Waals surface area contributed by atoms with E-state index in [2.05, 4.69) is 20.6 Å². The van der Waals surface area contributed by atoms with Crippen molar-refractivity contribution in [1.82, 2.24) is 10.6 Å². The molecule has 0 fully saturated rings. The molecule has 2 unspecified atom stereocenters. The van der Waals surface area contributed by atoms with E-state index in [9.17, 15) is 29.4 Å². The van der Waals surface area contributed by atoms with Crippen LogP contribution in [-0.4, -0.2) is 58.7 Å². The third-order valence-electron chi connectivity index (χ3n) is 6.20. The van der Waals surface area contributed by atoms with Crippen LogP contribution in [0.25, 0.3) is 5.57 Å². The lowest BCUT2D eigenvalue weighted by atomic mass is 9.76. The van der Waals surface area contributed by atoms with Crippen molar-refractivity contribution >= 4 is 41.0 Å². The summed E-state index contributed by atoms with van der Waals surface area (Å²) in [5.41, 5.74) is 12.0. The van der Waals surface area contributed by atoms with E-state index in [-0.39, 0.29) is 36.0 Å². The monoisotopic (exact) mass is 520 g/mol. The summed E-state index contributed by atoms with van der Waals surface area (Å²) in [6.45, 7) is 2.82. The second-order valence-electron chi connectivity index (χ2n) is 8.51. The second-order valence-corrected chi connectivity index (χ2v) is 8.51. The highest BCUT2D eigenvalue weighted by molar-refractivity contribution is 6.15. The fourth-order valence-corrected chi connectivity index (χ4v) is 4.34. The molecule has 2 aliphatic rings. The van der Waals surface area contributed by atoms with Crippen molar-refractivity contribution in [3.05, 3.63) is 77.0 Å². The number of carbonyl (C=O) groups is 4. The Kier molecular flexibility index (Phi) is 8.50. The molecule has 198 valence electrons. The minimum atomic E-state index is -1.51. The summed E-state index contributed by atoms with van der Waals surface area (Å²) in [5, 5.41) is 23.9. The van der Waals surface area contributed by atoms with Gasteiger partial charge in [0.2, 0.25) is 0 Å². The molecule has 1 aromatic carbocycles. The molecule has 2 aliphatic carbocycles. The van der Waals surface area contributed by atoms with Crippen molar-refractivity contribution in [2.75, 3.05) is 13.1 Å². The summed E-state index contributed by atoms with van der Waals surface area (Å²) < 4.78 is 0. The van der Waals surface area contributed by atoms with Gasteiger partial charge in [0.15, 0.2) is 0 Å². The average molecular weight is 521 g/mol. The Morgan fingerprint density at radius 3 is 2.34 bits per heavy atom. The molecule has 38 heavy (non-hydrogen) atoms. The van der Waals surface area contributed by atoms with Crippen LogP contribution in [0, 0.1) is 5.92 Å². The molecule has 12 nitrogen and oxygen atoms in total. The van der Waals surface area contributed by atoms with E-state index in [1.54, 1.807) is 30.4 Å². The van der Waals surface area contributed by atoms with Crippen molar-refractivity contribution in [2.24, 2.45) is 27.4 Å². The van der Waals surface area contributed by atoms with Gasteiger partial charge in [0.25, 0.3) is 11.8 Å².